The average molecular weight is 183 g/mol. The van der Waals surface area contributed by atoms with Crippen molar-refractivity contribution in [2.24, 2.45) is 0 Å². The lowest BCUT2D eigenvalue weighted by atomic mass is 10.3. The lowest BCUT2D eigenvalue weighted by Gasteiger charge is -2.17. The van der Waals surface area contributed by atoms with Gasteiger partial charge in [-0.15, -0.1) is 0 Å². The van der Waals surface area contributed by atoms with E-state index in [2.05, 4.69) is 0 Å². The number of hydrogen-bond acceptors (Lipinski definition) is 1. The molecule has 0 saturated carbocycles. The van der Waals surface area contributed by atoms with Crippen LogP contribution in [0.5, 0.6) is 0 Å². The Morgan fingerprint density at radius 3 is 1.92 bits per heavy atom. The van der Waals surface area contributed by atoms with E-state index in [1.165, 1.54) is 0 Å². The summed E-state index contributed by atoms with van der Waals surface area (Å²) in [5.41, 5.74) is 0. The smallest absolute Gasteiger partial charge is 0.304 e. The van der Waals surface area contributed by atoms with Gasteiger partial charge in [0.15, 0.2) is 0 Å². The molecule has 0 aliphatic rings. The second-order valence-electron chi connectivity index (χ2n) is 2.75. The van der Waals surface area contributed by atoms with Gasteiger partial charge in [0.25, 0.3) is 0 Å². The zero-order valence-corrected chi connectivity index (χ0v) is 7.62. The number of halogens is 3. The Morgan fingerprint density at radius 1 is 1.08 bits per heavy atom. The molecule has 0 aromatic carbocycles. The van der Waals surface area contributed by atoms with E-state index in [0.29, 0.717) is 6.54 Å². The predicted molar refractivity (Wildman–Crippen MR) is 43.1 cm³/mol. The third-order valence-corrected chi connectivity index (χ3v) is 1.83. The van der Waals surface area contributed by atoms with E-state index in [1.807, 2.05) is 18.7 Å². The molecule has 0 fully saturated rings. The van der Waals surface area contributed by atoms with Crippen LogP contribution in [0.3, 0.4) is 0 Å². The number of rotatable bonds is 5. The van der Waals surface area contributed by atoms with Crippen molar-refractivity contribution in [3.8, 4) is 0 Å². The first-order valence-corrected chi connectivity index (χ1v) is 4.28. The summed E-state index contributed by atoms with van der Waals surface area (Å²) in [5.74, 6) is 0. The summed E-state index contributed by atoms with van der Waals surface area (Å²) < 4.78 is 35.1. The highest BCUT2D eigenvalue weighted by Crippen LogP contribution is 2.21. The quantitative estimate of drug-likeness (QED) is 0.633. The molecule has 0 rings (SSSR count). The van der Waals surface area contributed by atoms with Crippen molar-refractivity contribution < 1.29 is 13.2 Å². The summed E-state index contributed by atoms with van der Waals surface area (Å²) in [7, 11) is 0. The lowest BCUT2D eigenvalue weighted by Crippen LogP contribution is -2.25. The first kappa shape index (κ1) is 11.8. The first-order chi connectivity index (χ1) is 5.49. The van der Waals surface area contributed by atoms with Crippen LogP contribution in [0.4, 0.5) is 13.2 Å². The standard InChI is InChI=1S/C8H16F3N/c1-3-12(4-2)7-5-6-8(9,10)11/h3-7H2,1-2H3. The average Bonchev–Trinajstić information content (AvgIpc) is 1.96. The molecule has 1 nitrogen and oxygen atoms in total. The van der Waals surface area contributed by atoms with Crippen molar-refractivity contribution in [1.82, 2.24) is 4.90 Å². The zero-order valence-electron chi connectivity index (χ0n) is 7.62. The highest BCUT2D eigenvalue weighted by atomic mass is 19.4. The molecule has 0 aliphatic carbocycles. The fraction of sp³-hybridized carbons (Fsp3) is 1.00. The molecule has 0 atom stereocenters. The van der Waals surface area contributed by atoms with E-state index < -0.39 is 12.6 Å². The molecule has 0 unspecified atom stereocenters. The van der Waals surface area contributed by atoms with Crippen molar-refractivity contribution >= 4 is 0 Å². The maximum atomic E-state index is 11.7. The van der Waals surface area contributed by atoms with E-state index in [0.717, 1.165) is 13.1 Å². The monoisotopic (exact) mass is 183 g/mol. The SMILES string of the molecule is CCN(CC)CCCC(F)(F)F. The van der Waals surface area contributed by atoms with Crippen molar-refractivity contribution in [1.29, 1.82) is 0 Å². The fourth-order valence-electron chi connectivity index (χ4n) is 1.04. The number of hydrogen-bond donors (Lipinski definition) is 0. The Morgan fingerprint density at radius 2 is 1.58 bits per heavy atom. The molecule has 4 heteroatoms. The maximum Gasteiger partial charge on any atom is 0.389 e. The van der Waals surface area contributed by atoms with Crippen molar-refractivity contribution in [2.75, 3.05) is 19.6 Å². The van der Waals surface area contributed by atoms with Gasteiger partial charge in [0.2, 0.25) is 0 Å². The van der Waals surface area contributed by atoms with E-state index >= 15 is 0 Å². The molecule has 0 aromatic heterocycles. The van der Waals surface area contributed by atoms with Crippen LogP contribution in [0.15, 0.2) is 0 Å². The van der Waals surface area contributed by atoms with Crippen molar-refractivity contribution in [2.45, 2.75) is 32.9 Å². The van der Waals surface area contributed by atoms with E-state index in [9.17, 15) is 13.2 Å². The van der Waals surface area contributed by atoms with Crippen molar-refractivity contribution in [3.63, 3.8) is 0 Å². The molecule has 0 amide bonds. The van der Waals surface area contributed by atoms with E-state index in [-0.39, 0.29) is 6.42 Å². The summed E-state index contributed by atoms with van der Waals surface area (Å²) in [4.78, 5) is 1.99. The molecule has 0 aromatic rings. The summed E-state index contributed by atoms with van der Waals surface area (Å²) >= 11 is 0. The van der Waals surface area contributed by atoms with E-state index in [1.54, 1.807) is 0 Å². The molecular weight excluding hydrogens is 167 g/mol. The van der Waals surface area contributed by atoms with Gasteiger partial charge in [0.05, 0.1) is 0 Å². The summed E-state index contributed by atoms with van der Waals surface area (Å²) in [6.45, 7) is 6.11. The van der Waals surface area contributed by atoms with Gasteiger partial charge >= 0.3 is 6.18 Å². The van der Waals surface area contributed by atoms with Crippen LogP contribution in [0.1, 0.15) is 26.7 Å². The van der Waals surface area contributed by atoms with Crippen LogP contribution >= 0.6 is 0 Å². The minimum absolute atomic E-state index is 0.213. The topological polar surface area (TPSA) is 3.24 Å². The second-order valence-corrected chi connectivity index (χ2v) is 2.75. The lowest BCUT2D eigenvalue weighted by molar-refractivity contribution is -0.136. The van der Waals surface area contributed by atoms with Crippen molar-refractivity contribution in [3.05, 3.63) is 0 Å². The third kappa shape index (κ3) is 6.46. The molecular formula is C8H16F3N. The van der Waals surface area contributed by atoms with Crippen LogP contribution in [-0.2, 0) is 0 Å². The number of alkyl halides is 3. The van der Waals surface area contributed by atoms with Gasteiger partial charge in [-0.2, -0.15) is 13.2 Å². The number of nitrogens with zero attached hydrogens (tertiary/aromatic N) is 1. The highest BCUT2D eigenvalue weighted by Gasteiger charge is 2.26. The Bertz CT molecular complexity index is 107. The molecule has 12 heavy (non-hydrogen) atoms. The first-order valence-electron chi connectivity index (χ1n) is 4.28. The molecule has 0 radical (unpaired) electrons. The normalized spacial score (nSPS) is 12.5. The van der Waals surface area contributed by atoms with Gasteiger partial charge in [0, 0.05) is 6.42 Å². The Kier molecular flexibility index (Phi) is 5.29. The molecule has 0 spiro atoms. The van der Waals surface area contributed by atoms with Gasteiger partial charge in [-0.25, -0.2) is 0 Å². The molecule has 74 valence electrons. The molecule has 0 aliphatic heterocycles. The van der Waals surface area contributed by atoms with Crippen LogP contribution < -0.4 is 0 Å². The van der Waals surface area contributed by atoms with E-state index in [4.69, 9.17) is 0 Å². The van der Waals surface area contributed by atoms with Gasteiger partial charge in [-0.3, -0.25) is 0 Å². The second kappa shape index (κ2) is 5.41. The zero-order chi connectivity index (χ0) is 9.61. The van der Waals surface area contributed by atoms with Gasteiger partial charge in [-0.1, -0.05) is 13.8 Å². The highest BCUT2D eigenvalue weighted by molar-refractivity contribution is 4.56. The van der Waals surface area contributed by atoms with Crippen LogP contribution in [-0.4, -0.2) is 30.7 Å². The van der Waals surface area contributed by atoms with Gasteiger partial charge in [-0.05, 0) is 26.1 Å². The molecule has 0 N–H and O–H groups in total. The van der Waals surface area contributed by atoms with Crippen LogP contribution in [0, 0.1) is 0 Å². The Labute approximate surface area is 71.6 Å². The minimum atomic E-state index is -3.99. The summed E-state index contributed by atoms with van der Waals surface area (Å²) in [6.07, 6.45) is -4.44. The molecule has 0 saturated heterocycles. The Balaban J connectivity index is 3.41. The van der Waals surface area contributed by atoms with Gasteiger partial charge < -0.3 is 4.90 Å². The summed E-state index contributed by atoms with van der Waals surface area (Å²) in [6, 6.07) is 0. The fourth-order valence-corrected chi connectivity index (χ4v) is 1.04. The van der Waals surface area contributed by atoms with Crippen LogP contribution in [0.25, 0.3) is 0 Å². The maximum absolute atomic E-state index is 11.7. The Hall–Kier alpha value is -0.250. The molecule has 0 heterocycles. The predicted octanol–water partition coefficient (Wildman–Crippen LogP) is 2.67. The van der Waals surface area contributed by atoms with Gasteiger partial charge in [0.1, 0.15) is 0 Å². The summed E-state index contributed by atoms with van der Waals surface area (Å²) in [5, 5.41) is 0. The largest absolute Gasteiger partial charge is 0.389 e. The minimum Gasteiger partial charge on any atom is -0.304 e. The molecule has 0 bridgehead atoms. The van der Waals surface area contributed by atoms with Crippen LogP contribution in [0.2, 0.25) is 0 Å². The third-order valence-electron chi connectivity index (χ3n) is 1.83.